The number of piperazine rings is 1. The first-order chi connectivity index (χ1) is 13.0. The van der Waals surface area contributed by atoms with Crippen molar-refractivity contribution in [3.63, 3.8) is 0 Å². The molecule has 2 aromatic rings. The number of anilines is 1. The first-order valence-electron chi connectivity index (χ1n) is 8.56. The number of aromatic nitrogens is 1. The van der Waals surface area contributed by atoms with Crippen LogP contribution >= 0.6 is 22.7 Å². The van der Waals surface area contributed by atoms with Gasteiger partial charge in [-0.3, -0.25) is 14.9 Å². The van der Waals surface area contributed by atoms with Crippen LogP contribution in [0.25, 0.3) is 0 Å². The zero-order valence-corrected chi connectivity index (χ0v) is 16.6. The highest BCUT2D eigenvalue weighted by atomic mass is 32.1. The summed E-state index contributed by atoms with van der Waals surface area (Å²) in [6.07, 6.45) is 0.176. The van der Waals surface area contributed by atoms with Gasteiger partial charge in [0.25, 0.3) is 0 Å². The molecule has 27 heavy (non-hydrogen) atoms. The highest BCUT2D eigenvalue weighted by molar-refractivity contribution is 7.14. The minimum atomic E-state index is -0.235. The minimum Gasteiger partial charge on any atom is -0.351 e. The van der Waals surface area contributed by atoms with Crippen molar-refractivity contribution >= 4 is 45.7 Å². The number of carbonyl (C=O) groups is 3. The highest BCUT2D eigenvalue weighted by Gasteiger charge is 2.23. The molecule has 0 aromatic carbocycles. The van der Waals surface area contributed by atoms with Crippen molar-refractivity contribution in [1.82, 2.24) is 20.1 Å². The van der Waals surface area contributed by atoms with E-state index in [2.05, 4.69) is 15.6 Å². The van der Waals surface area contributed by atoms with Crippen LogP contribution in [0.2, 0.25) is 0 Å². The van der Waals surface area contributed by atoms with Crippen molar-refractivity contribution < 1.29 is 14.4 Å². The van der Waals surface area contributed by atoms with Gasteiger partial charge in [-0.25, -0.2) is 9.78 Å². The second kappa shape index (κ2) is 8.96. The van der Waals surface area contributed by atoms with E-state index in [9.17, 15) is 14.4 Å². The van der Waals surface area contributed by atoms with Gasteiger partial charge in [0, 0.05) is 43.4 Å². The summed E-state index contributed by atoms with van der Waals surface area (Å²) in [5.41, 5.74) is 0.625. The minimum absolute atomic E-state index is 0.0250. The van der Waals surface area contributed by atoms with E-state index in [-0.39, 0.29) is 24.3 Å². The van der Waals surface area contributed by atoms with Crippen LogP contribution in [-0.2, 0) is 22.6 Å². The van der Waals surface area contributed by atoms with Gasteiger partial charge in [0.2, 0.25) is 11.8 Å². The smallest absolute Gasteiger partial charge is 0.323 e. The number of nitrogens with zero attached hydrogens (tertiary/aromatic N) is 3. The van der Waals surface area contributed by atoms with Crippen molar-refractivity contribution in [2.24, 2.45) is 0 Å². The molecule has 144 valence electrons. The lowest BCUT2D eigenvalue weighted by atomic mass is 10.3. The summed E-state index contributed by atoms with van der Waals surface area (Å²) in [5, 5.41) is 9.83. The van der Waals surface area contributed by atoms with Crippen molar-refractivity contribution in [3.8, 4) is 0 Å². The standard InChI is InChI=1S/C17H21N5O3S2/c1-12(23)21-4-6-22(7-5-21)17(25)20-16-19-13(11-27-16)9-15(24)18-10-14-3-2-8-26-14/h2-3,8,11H,4-7,9-10H2,1H3,(H,18,24)(H,19,20,25). The van der Waals surface area contributed by atoms with E-state index in [0.29, 0.717) is 43.5 Å². The largest absolute Gasteiger partial charge is 0.351 e. The van der Waals surface area contributed by atoms with E-state index >= 15 is 0 Å². The summed E-state index contributed by atoms with van der Waals surface area (Å²) >= 11 is 2.89. The molecule has 8 nitrogen and oxygen atoms in total. The number of rotatable bonds is 5. The molecule has 0 unspecified atom stereocenters. The van der Waals surface area contributed by atoms with Gasteiger partial charge < -0.3 is 15.1 Å². The quantitative estimate of drug-likeness (QED) is 0.790. The molecule has 4 amide bonds. The third-order valence-corrected chi connectivity index (χ3v) is 5.84. The zero-order valence-electron chi connectivity index (χ0n) is 14.9. The zero-order chi connectivity index (χ0) is 19.2. The SMILES string of the molecule is CC(=O)N1CCN(C(=O)Nc2nc(CC(=O)NCc3cccs3)cs2)CC1. The molecule has 10 heteroatoms. The number of hydrogen-bond donors (Lipinski definition) is 2. The molecule has 0 saturated carbocycles. The molecule has 1 fully saturated rings. The molecule has 1 aliphatic heterocycles. The van der Waals surface area contributed by atoms with Crippen molar-refractivity contribution in [2.75, 3.05) is 31.5 Å². The average Bonchev–Trinajstić information content (AvgIpc) is 3.32. The maximum absolute atomic E-state index is 12.3. The Balaban J connectivity index is 1.44. The van der Waals surface area contributed by atoms with E-state index in [1.165, 1.54) is 18.3 Å². The van der Waals surface area contributed by atoms with Crippen LogP contribution in [0.3, 0.4) is 0 Å². The Morgan fingerprint density at radius 3 is 2.56 bits per heavy atom. The molecule has 1 saturated heterocycles. The fourth-order valence-corrected chi connectivity index (χ4v) is 4.01. The molecule has 0 aliphatic carbocycles. The fourth-order valence-electron chi connectivity index (χ4n) is 2.67. The average molecular weight is 408 g/mol. The molecular formula is C17H21N5O3S2. The lowest BCUT2D eigenvalue weighted by Gasteiger charge is -2.33. The first kappa shape index (κ1) is 19.3. The van der Waals surface area contributed by atoms with Crippen LogP contribution in [-0.4, -0.2) is 58.8 Å². The molecule has 2 N–H and O–H groups in total. The van der Waals surface area contributed by atoms with E-state index in [4.69, 9.17) is 0 Å². The number of thiazole rings is 1. The number of thiophene rings is 1. The summed E-state index contributed by atoms with van der Waals surface area (Å²) in [6, 6.07) is 3.68. The molecule has 0 bridgehead atoms. The van der Waals surface area contributed by atoms with Crippen molar-refractivity contribution in [1.29, 1.82) is 0 Å². The number of amides is 4. The van der Waals surface area contributed by atoms with Gasteiger partial charge in [0.05, 0.1) is 18.7 Å². The van der Waals surface area contributed by atoms with Gasteiger partial charge in [-0.1, -0.05) is 6.07 Å². The normalized spacial score (nSPS) is 14.1. The topological polar surface area (TPSA) is 94.6 Å². The Hall–Kier alpha value is -2.46. The monoisotopic (exact) mass is 407 g/mol. The van der Waals surface area contributed by atoms with Crippen LogP contribution in [0.15, 0.2) is 22.9 Å². The molecule has 3 heterocycles. The molecule has 0 spiro atoms. The third-order valence-electron chi connectivity index (χ3n) is 4.16. The summed E-state index contributed by atoms with van der Waals surface area (Å²) in [6.45, 7) is 4.11. The first-order valence-corrected chi connectivity index (χ1v) is 10.3. The summed E-state index contributed by atoms with van der Waals surface area (Å²) in [7, 11) is 0. The van der Waals surface area contributed by atoms with Crippen LogP contribution < -0.4 is 10.6 Å². The van der Waals surface area contributed by atoms with E-state index in [1.54, 1.807) is 26.5 Å². The second-order valence-electron chi connectivity index (χ2n) is 6.10. The van der Waals surface area contributed by atoms with Gasteiger partial charge in [-0.2, -0.15) is 0 Å². The molecule has 0 radical (unpaired) electrons. The Bertz CT molecular complexity index is 797. The van der Waals surface area contributed by atoms with E-state index < -0.39 is 0 Å². The molecule has 3 rings (SSSR count). The number of nitrogens with one attached hydrogen (secondary N) is 2. The van der Waals surface area contributed by atoms with Gasteiger partial charge in [-0.15, -0.1) is 22.7 Å². The van der Waals surface area contributed by atoms with E-state index in [0.717, 1.165) is 4.88 Å². The summed E-state index contributed by atoms with van der Waals surface area (Å²) in [4.78, 5) is 44.4. The molecule has 1 aliphatic rings. The third kappa shape index (κ3) is 5.51. The number of carbonyl (C=O) groups excluding carboxylic acids is 3. The lowest BCUT2D eigenvalue weighted by Crippen LogP contribution is -2.51. The Kier molecular flexibility index (Phi) is 6.40. The Morgan fingerprint density at radius 2 is 1.89 bits per heavy atom. The predicted octanol–water partition coefficient (Wildman–Crippen LogP) is 1.76. The molecule has 2 aromatic heterocycles. The number of urea groups is 1. The van der Waals surface area contributed by atoms with Crippen molar-refractivity contribution in [2.45, 2.75) is 19.9 Å². The van der Waals surface area contributed by atoms with E-state index in [1.807, 2.05) is 17.5 Å². The fraction of sp³-hybridized carbons (Fsp3) is 0.412. The summed E-state index contributed by atoms with van der Waals surface area (Å²) < 4.78 is 0. The van der Waals surface area contributed by atoms with Gasteiger partial charge in [-0.05, 0) is 11.4 Å². The molecule has 0 atom stereocenters. The van der Waals surface area contributed by atoms with Crippen LogP contribution in [0.1, 0.15) is 17.5 Å². The maximum atomic E-state index is 12.3. The van der Waals surface area contributed by atoms with Crippen LogP contribution in [0.4, 0.5) is 9.93 Å². The lowest BCUT2D eigenvalue weighted by molar-refractivity contribution is -0.130. The Labute approximate surface area is 165 Å². The molecular weight excluding hydrogens is 386 g/mol. The number of hydrogen-bond acceptors (Lipinski definition) is 6. The summed E-state index contributed by atoms with van der Waals surface area (Å²) in [5.74, 6) is -0.0797. The second-order valence-corrected chi connectivity index (χ2v) is 7.99. The maximum Gasteiger partial charge on any atom is 0.323 e. The van der Waals surface area contributed by atoms with Crippen LogP contribution in [0, 0.1) is 0 Å². The predicted molar refractivity (Wildman–Crippen MR) is 105 cm³/mol. The highest BCUT2D eigenvalue weighted by Crippen LogP contribution is 2.17. The Morgan fingerprint density at radius 1 is 1.15 bits per heavy atom. The van der Waals surface area contributed by atoms with Gasteiger partial charge >= 0.3 is 6.03 Å². The van der Waals surface area contributed by atoms with Gasteiger partial charge in [0.15, 0.2) is 5.13 Å². The van der Waals surface area contributed by atoms with Crippen molar-refractivity contribution in [3.05, 3.63) is 33.5 Å². The van der Waals surface area contributed by atoms with Gasteiger partial charge in [0.1, 0.15) is 0 Å². The van der Waals surface area contributed by atoms with Crippen LogP contribution in [0.5, 0.6) is 0 Å².